The summed E-state index contributed by atoms with van der Waals surface area (Å²) in [6, 6.07) is 15.7. The van der Waals surface area contributed by atoms with Gasteiger partial charge in [-0.05, 0) is 67.2 Å². The summed E-state index contributed by atoms with van der Waals surface area (Å²) < 4.78 is 12.2. The lowest BCUT2D eigenvalue weighted by Gasteiger charge is -2.30. The van der Waals surface area contributed by atoms with E-state index in [0.717, 1.165) is 42.0 Å². The van der Waals surface area contributed by atoms with Gasteiger partial charge >= 0.3 is 0 Å². The fourth-order valence-corrected chi connectivity index (χ4v) is 4.41. The van der Waals surface area contributed by atoms with Gasteiger partial charge in [0, 0.05) is 11.6 Å². The van der Waals surface area contributed by atoms with Gasteiger partial charge < -0.3 is 19.7 Å². The molecule has 2 N–H and O–H groups in total. The molecule has 0 bridgehead atoms. The molecule has 1 aliphatic rings. The number of fused-ring (bicyclic) bond motifs is 1. The zero-order valence-corrected chi connectivity index (χ0v) is 18.2. The first-order chi connectivity index (χ1) is 15.1. The summed E-state index contributed by atoms with van der Waals surface area (Å²) in [4.78, 5) is 4.39. The maximum Gasteiger partial charge on any atom is 0.221 e. The van der Waals surface area contributed by atoms with Crippen LogP contribution in [0.2, 0.25) is 5.02 Å². The minimum Gasteiger partial charge on any atom is -0.489 e. The van der Waals surface area contributed by atoms with Gasteiger partial charge in [0.2, 0.25) is 5.88 Å². The molecule has 0 aliphatic heterocycles. The van der Waals surface area contributed by atoms with Crippen molar-refractivity contribution in [1.29, 1.82) is 0 Å². The maximum absolute atomic E-state index is 9.66. The van der Waals surface area contributed by atoms with Crippen molar-refractivity contribution in [3.63, 3.8) is 0 Å². The lowest BCUT2D eigenvalue weighted by Crippen LogP contribution is -2.27. The Labute approximate surface area is 187 Å². The Balaban J connectivity index is 1.42. The number of ether oxygens (including phenoxy) is 2. The Morgan fingerprint density at radius 3 is 2.58 bits per heavy atom. The largest absolute Gasteiger partial charge is 0.489 e. The quantitative estimate of drug-likeness (QED) is 0.506. The third-order valence-corrected chi connectivity index (χ3v) is 6.20. The second-order valence-corrected chi connectivity index (χ2v) is 8.63. The predicted molar refractivity (Wildman–Crippen MR) is 122 cm³/mol. The van der Waals surface area contributed by atoms with Crippen LogP contribution >= 0.6 is 11.6 Å². The smallest absolute Gasteiger partial charge is 0.221 e. The van der Waals surface area contributed by atoms with Crippen LogP contribution in [0.3, 0.4) is 0 Å². The van der Waals surface area contributed by atoms with Gasteiger partial charge in [0.15, 0.2) is 0 Å². The van der Waals surface area contributed by atoms with E-state index in [1.807, 2.05) is 48.5 Å². The molecule has 0 saturated heterocycles. The molecule has 3 aromatic rings. The molecule has 4 rings (SSSR count). The molecule has 1 fully saturated rings. The molecule has 1 aliphatic carbocycles. The van der Waals surface area contributed by atoms with Gasteiger partial charge in [-0.1, -0.05) is 41.9 Å². The van der Waals surface area contributed by atoms with Crippen LogP contribution in [0.5, 0.6) is 11.6 Å². The Morgan fingerprint density at radius 1 is 1.06 bits per heavy atom. The normalized spacial score (nSPS) is 19.8. The molecule has 1 heterocycles. The van der Waals surface area contributed by atoms with Crippen LogP contribution in [0.15, 0.2) is 54.7 Å². The second kappa shape index (κ2) is 10.3. The van der Waals surface area contributed by atoms with Gasteiger partial charge in [-0.3, -0.25) is 0 Å². The van der Waals surface area contributed by atoms with Crippen LogP contribution in [0.25, 0.3) is 10.8 Å². The average Bonchev–Trinajstić information content (AvgIpc) is 2.80. The highest BCUT2D eigenvalue weighted by molar-refractivity contribution is 6.33. The summed E-state index contributed by atoms with van der Waals surface area (Å²) in [6.07, 6.45) is 5.66. The Morgan fingerprint density at radius 2 is 1.84 bits per heavy atom. The summed E-state index contributed by atoms with van der Waals surface area (Å²) in [5.41, 5.74) is 1.08. The Kier molecular flexibility index (Phi) is 7.28. The third kappa shape index (κ3) is 5.67. The molecule has 6 heteroatoms. The third-order valence-electron chi connectivity index (χ3n) is 5.90. The van der Waals surface area contributed by atoms with Gasteiger partial charge in [0.1, 0.15) is 12.4 Å². The minimum absolute atomic E-state index is 0.105. The monoisotopic (exact) mass is 441 g/mol. The highest BCUT2D eigenvalue weighted by Crippen LogP contribution is 2.37. The van der Waals surface area contributed by atoms with E-state index >= 15 is 0 Å². The fourth-order valence-electron chi connectivity index (χ4n) is 4.20. The van der Waals surface area contributed by atoms with Crippen molar-refractivity contribution in [2.75, 3.05) is 6.61 Å². The number of halogens is 1. The Bertz CT molecular complexity index is 989. The number of hydrogen-bond donors (Lipinski definition) is 2. The van der Waals surface area contributed by atoms with Gasteiger partial charge in [0.05, 0.1) is 23.8 Å². The van der Waals surface area contributed by atoms with Crippen LogP contribution < -0.4 is 9.47 Å². The highest BCUT2D eigenvalue weighted by Gasteiger charge is 2.25. The summed E-state index contributed by atoms with van der Waals surface area (Å²) in [7, 11) is 0. The van der Waals surface area contributed by atoms with E-state index in [0.29, 0.717) is 35.6 Å². The molecule has 2 aromatic carbocycles. The zero-order chi connectivity index (χ0) is 21.6. The number of aliphatic hydroxyl groups excluding tert-OH is 2. The molecule has 1 saturated carbocycles. The van der Waals surface area contributed by atoms with E-state index < -0.39 is 6.10 Å². The molecule has 1 atom stereocenters. The van der Waals surface area contributed by atoms with Crippen molar-refractivity contribution < 1.29 is 19.7 Å². The molecular formula is C25H28ClNO4. The number of pyridine rings is 1. The average molecular weight is 442 g/mol. The summed E-state index contributed by atoms with van der Waals surface area (Å²) in [5, 5.41) is 21.1. The van der Waals surface area contributed by atoms with Crippen molar-refractivity contribution in [2.45, 2.75) is 50.9 Å². The van der Waals surface area contributed by atoms with Crippen molar-refractivity contribution >= 4 is 22.4 Å². The minimum atomic E-state index is -0.621. The second-order valence-electron chi connectivity index (χ2n) is 8.23. The van der Waals surface area contributed by atoms with Crippen LogP contribution in [0.4, 0.5) is 0 Å². The van der Waals surface area contributed by atoms with E-state index in [4.69, 9.17) is 26.2 Å². The number of benzene rings is 2. The van der Waals surface area contributed by atoms with Crippen molar-refractivity contribution in [3.05, 3.63) is 65.3 Å². The Hall–Kier alpha value is -2.34. The molecule has 0 radical (unpaired) electrons. The lowest BCUT2D eigenvalue weighted by molar-refractivity contribution is 0.0556. The molecule has 0 amide bonds. The topological polar surface area (TPSA) is 71.8 Å². The lowest BCUT2D eigenvalue weighted by atomic mass is 9.84. The fraction of sp³-hybridized carbons (Fsp3) is 0.400. The standard InChI is InChI=1S/C25H28ClNO4/c26-23-14-22-19(10-11-27-25(22)30-16-18-4-2-1-3-5-18)13-24(23)31-21-8-6-17(7-9-21)12-20(29)15-28/h1-5,10-11,13-14,17,20-21,28-29H,6-9,12,15-16H2. The molecule has 1 aromatic heterocycles. The molecule has 1 unspecified atom stereocenters. The molecule has 0 spiro atoms. The highest BCUT2D eigenvalue weighted by atomic mass is 35.5. The first kappa shape index (κ1) is 21.9. The predicted octanol–water partition coefficient (Wildman–Crippen LogP) is 5.15. The number of aliphatic hydroxyl groups is 2. The van der Waals surface area contributed by atoms with Gasteiger partial charge in [-0.2, -0.15) is 0 Å². The van der Waals surface area contributed by atoms with Gasteiger partial charge in [0.25, 0.3) is 0 Å². The van der Waals surface area contributed by atoms with E-state index in [1.54, 1.807) is 6.20 Å². The molecular weight excluding hydrogens is 414 g/mol. The number of nitrogens with zero attached hydrogens (tertiary/aromatic N) is 1. The number of hydrogen-bond acceptors (Lipinski definition) is 5. The SMILES string of the molecule is OCC(O)CC1CCC(Oc2cc3ccnc(OCc4ccccc4)c3cc2Cl)CC1. The van der Waals surface area contributed by atoms with Crippen LogP contribution in [-0.2, 0) is 6.61 Å². The van der Waals surface area contributed by atoms with Crippen LogP contribution in [-0.4, -0.2) is 34.0 Å². The summed E-state index contributed by atoms with van der Waals surface area (Å²) >= 11 is 6.56. The van der Waals surface area contributed by atoms with Crippen molar-refractivity contribution in [1.82, 2.24) is 4.98 Å². The van der Waals surface area contributed by atoms with Gasteiger partial charge in [-0.15, -0.1) is 0 Å². The van der Waals surface area contributed by atoms with Crippen LogP contribution in [0, 0.1) is 5.92 Å². The zero-order valence-electron chi connectivity index (χ0n) is 17.4. The first-order valence-electron chi connectivity index (χ1n) is 10.8. The molecule has 31 heavy (non-hydrogen) atoms. The summed E-state index contributed by atoms with van der Waals surface area (Å²) in [5.74, 6) is 1.66. The molecule has 164 valence electrons. The van der Waals surface area contributed by atoms with Crippen molar-refractivity contribution in [3.8, 4) is 11.6 Å². The van der Waals surface area contributed by atoms with E-state index in [9.17, 15) is 5.11 Å². The number of rotatable bonds is 8. The van der Waals surface area contributed by atoms with Gasteiger partial charge in [-0.25, -0.2) is 4.98 Å². The maximum atomic E-state index is 9.66. The van der Waals surface area contributed by atoms with Crippen molar-refractivity contribution in [2.24, 2.45) is 5.92 Å². The first-order valence-corrected chi connectivity index (χ1v) is 11.2. The summed E-state index contributed by atoms with van der Waals surface area (Å²) in [6.45, 7) is 0.270. The van der Waals surface area contributed by atoms with E-state index in [-0.39, 0.29) is 12.7 Å². The van der Waals surface area contributed by atoms with Crippen LogP contribution in [0.1, 0.15) is 37.7 Å². The molecule has 5 nitrogen and oxygen atoms in total. The van der Waals surface area contributed by atoms with E-state index in [2.05, 4.69) is 4.98 Å². The van der Waals surface area contributed by atoms with E-state index in [1.165, 1.54) is 0 Å². The number of aromatic nitrogens is 1.